The summed E-state index contributed by atoms with van der Waals surface area (Å²) in [5, 5.41) is 0. The van der Waals surface area contributed by atoms with Crippen LogP contribution in [-0.2, 0) is 16.0 Å². The van der Waals surface area contributed by atoms with E-state index in [9.17, 15) is 9.59 Å². The van der Waals surface area contributed by atoms with Gasteiger partial charge >= 0.3 is 5.97 Å². The number of fused-ring (bicyclic) bond motifs is 5. The average molecular weight is 480 g/mol. The molecule has 4 nitrogen and oxygen atoms in total. The molecule has 0 radical (unpaired) electrons. The van der Waals surface area contributed by atoms with Gasteiger partial charge in [0.05, 0.1) is 12.2 Å². The van der Waals surface area contributed by atoms with Crippen molar-refractivity contribution in [3.05, 3.63) is 35.4 Å². The maximum Gasteiger partial charge on any atom is 0.338 e. The number of amides is 1. The van der Waals surface area contributed by atoms with Gasteiger partial charge in [-0.25, -0.2) is 4.79 Å². The number of nitrogens with zero attached hydrogens (tertiary/aromatic N) is 1. The van der Waals surface area contributed by atoms with Gasteiger partial charge in [-0.05, 0) is 109 Å². The highest BCUT2D eigenvalue weighted by molar-refractivity contribution is 5.89. The van der Waals surface area contributed by atoms with Gasteiger partial charge < -0.3 is 9.64 Å². The molecule has 35 heavy (non-hydrogen) atoms. The number of esters is 1. The fourth-order valence-corrected chi connectivity index (χ4v) is 9.04. The molecule has 0 bridgehead atoms. The van der Waals surface area contributed by atoms with E-state index in [4.69, 9.17) is 4.74 Å². The molecule has 1 amide bonds. The highest BCUT2D eigenvalue weighted by Gasteiger charge is 2.61. The topological polar surface area (TPSA) is 46.6 Å². The first-order valence-corrected chi connectivity index (χ1v) is 14.1. The van der Waals surface area contributed by atoms with E-state index in [2.05, 4.69) is 44.7 Å². The zero-order chi connectivity index (χ0) is 25.0. The van der Waals surface area contributed by atoms with Crippen molar-refractivity contribution in [3.8, 4) is 0 Å². The third kappa shape index (κ3) is 4.23. The Hall–Kier alpha value is -1.84. The predicted molar refractivity (Wildman–Crippen MR) is 139 cm³/mol. The van der Waals surface area contributed by atoms with Gasteiger partial charge in [0.15, 0.2) is 0 Å². The molecule has 0 N–H and O–H groups in total. The second-order valence-electron chi connectivity index (χ2n) is 13.2. The van der Waals surface area contributed by atoms with E-state index >= 15 is 0 Å². The van der Waals surface area contributed by atoms with E-state index in [0.717, 1.165) is 37.0 Å². The Kier molecular flexibility index (Phi) is 6.55. The molecule has 192 valence electrons. The Morgan fingerprint density at radius 1 is 1.00 bits per heavy atom. The van der Waals surface area contributed by atoms with Crippen LogP contribution in [0.4, 0.5) is 0 Å². The number of likely N-dealkylation sites (tertiary alicyclic amines) is 1. The van der Waals surface area contributed by atoms with Crippen LogP contribution in [0.3, 0.4) is 0 Å². The van der Waals surface area contributed by atoms with E-state index in [-0.39, 0.29) is 16.8 Å². The van der Waals surface area contributed by atoms with Crippen molar-refractivity contribution in [2.24, 2.45) is 40.4 Å². The molecule has 1 aliphatic heterocycles. The molecule has 2 unspecified atom stereocenters. The summed E-state index contributed by atoms with van der Waals surface area (Å²) in [4.78, 5) is 27.3. The lowest BCUT2D eigenvalue weighted by Crippen LogP contribution is -2.61. The average Bonchev–Trinajstić information content (AvgIpc) is 3.16. The lowest BCUT2D eigenvalue weighted by Gasteiger charge is -2.61. The summed E-state index contributed by atoms with van der Waals surface area (Å²) < 4.78 is 5.93. The van der Waals surface area contributed by atoms with Crippen molar-refractivity contribution in [1.29, 1.82) is 0 Å². The minimum atomic E-state index is -0.176. The Balaban J connectivity index is 1.23. The fraction of sp³-hybridized carbons (Fsp3) is 0.742. The van der Waals surface area contributed by atoms with Gasteiger partial charge in [-0.15, -0.1) is 0 Å². The zero-order valence-corrected chi connectivity index (χ0v) is 22.5. The Morgan fingerprint density at radius 2 is 1.71 bits per heavy atom. The summed E-state index contributed by atoms with van der Waals surface area (Å²) in [6, 6.07) is 8.40. The number of rotatable bonds is 5. The number of hydrogen-bond acceptors (Lipinski definition) is 3. The maximum absolute atomic E-state index is 12.8. The molecule has 1 aromatic rings. The first-order chi connectivity index (χ1) is 16.6. The highest BCUT2D eigenvalue weighted by Crippen LogP contribution is 2.66. The number of piperidine rings is 1. The molecule has 5 rings (SSSR count). The maximum atomic E-state index is 12.8. The lowest BCUT2D eigenvalue weighted by atomic mass is 9.47. The summed E-state index contributed by atoms with van der Waals surface area (Å²) in [6.45, 7) is 9.96. The molecular formula is C31H45NO3. The van der Waals surface area contributed by atoms with E-state index < -0.39 is 0 Å². The molecule has 7 atom stereocenters. The molecule has 3 aliphatic carbocycles. The molecule has 4 fully saturated rings. The quantitative estimate of drug-likeness (QED) is 0.452. The van der Waals surface area contributed by atoms with Gasteiger partial charge in [-0.3, -0.25) is 4.79 Å². The van der Waals surface area contributed by atoms with Gasteiger partial charge in [0, 0.05) is 19.5 Å². The number of hydrogen-bond donors (Lipinski definition) is 0. The smallest absolute Gasteiger partial charge is 0.338 e. The van der Waals surface area contributed by atoms with E-state index in [1.807, 2.05) is 19.2 Å². The van der Waals surface area contributed by atoms with Crippen LogP contribution in [0.2, 0.25) is 0 Å². The largest absolute Gasteiger partial charge is 0.462 e. The van der Waals surface area contributed by atoms with Crippen LogP contribution in [0.1, 0.15) is 95.0 Å². The Morgan fingerprint density at radius 3 is 2.43 bits per heavy atom. The van der Waals surface area contributed by atoms with Crippen LogP contribution >= 0.6 is 0 Å². The normalized spacial score (nSPS) is 38.6. The van der Waals surface area contributed by atoms with E-state index in [1.54, 1.807) is 0 Å². The monoisotopic (exact) mass is 479 g/mol. The minimum Gasteiger partial charge on any atom is -0.462 e. The number of carbonyl (C=O) groups is 2. The van der Waals surface area contributed by atoms with Crippen molar-refractivity contribution >= 4 is 11.9 Å². The van der Waals surface area contributed by atoms with Gasteiger partial charge in [0.2, 0.25) is 5.91 Å². The van der Waals surface area contributed by atoms with Crippen LogP contribution in [0.25, 0.3) is 0 Å². The van der Waals surface area contributed by atoms with Crippen molar-refractivity contribution in [2.45, 2.75) is 91.5 Å². The summed E-state index contributed by atoms with van der Waals surface area (Å²) in [5.74, 6) is 3.43. The molecule has 4 heteroatoms. The van der Waals surface area contributed by atoms with Crippen LogP contribution < -0.4 is 0 Å². The third-order valence-electron chi connectivity index (χ3n) is 11.0. The van der Waals surface area contributed by atoms with Crippen LogP contribution in [0, 0.1) is 40.4 Å². The SMILES string of the molecule is CC(C)Cc1ccc(C(=O)OCC2CC[C@H]3[C@@H]4CCC5N(C)C(=O)CC[C@]5(C)[C@@H]4CC[C@]23C)cc1. The van der Waals surface area contributed by atoms with E-state index in [1.165, 1.54) is 37.7 Å². The first kappa shape index (κ1) is 24.8. The standard InChI is InChI=1S/C31H45NO3/c1-20(2)18-21-6-8-22(9-7-21)29(34)35-19-23-10-12-25-24-11-13-27-31(4,17-15-28(33)32(27)5)26(24)14-16-30(23,25)3/h6-9,20,23-27H,10-19H2,1-5H3/t23?,24-,25-,26+,27?,30+,31+/m0/s1. The summed E-state index contributed by atoms with van der Waals surface area (Å²) in [6.07, 6.45) is 10.1. The molecule has 1 heterocycles. The summed E-state index contributed by atoms with van der Waals surface area (Å²) in [5.41, 5.74) is 2.47. The zero-order valence-electron chi connectivity index (χ0n) is 22.5. The molecule has 1 saturated heterocycles. The highest BCUT2D eigenvalue weighted by atomic mass is 16.5. The van der Waals surface area contributed by atoms with Crippen LogP contribution in [-0.4, -0.2) is 36.5 Å². The van der Waals surface area contributed by atoms with Gasteiger partial charge in [-0.1, -0.05) is 39.8 Å². The Labute approximate surface area is 212 Å². The Bertz CT molecular complexity index is 954. The number of ether oxygens (including phenoxy) is 1. The summed E-state index contributed by atoms with van der Waals surface area (Å²) >= 11 is 0. The van der Waals surface area contributed by atoms with Crippen LogP contribution in [0.5, 0.6) is 0 Å². The number of carbonyl (C=O) groups excluding carboxylic acids is 2. The van der Waals surface area contributed by atoms with Crippen molar-refractivity contribution in [3.63, 3.8) is 0 Å². The number of benzene rings is 1. The van der Waals surface area contributed by atoms with Gasteiger partial charge in [-0.2, -0.15) is 0 Å². The molecular weight excluding hydrogens is 434 g/mol. The fourth-order valence-electron chi connectivity index (χ4n) is 9.04. The summed E-state index contributed by atoms with van der Waals surface area (Å²) in [7, 11) is 2.04. The molecule has 1 aromatic carbocycles. The van der Waals surface area contributed by atoms with Crippen molar-refractivity contribution < 1.29 is 14.3 Å². The molecule has 3 saturated carbocycles. The van der Waals surface area contributed by atoms with Crippen molar-refractivity contribution in [2.75, 3.05) is 13.7 Å². The molecule has 0 aromatic heterocycles. The van der Waals surface area contributed by atoms with Crippen molar-refractivity contribution in [1.82, 2.24) is 4.90 Å². The van der Waals surface area contributed by atoms with Gasteiger partial charge in [0.25, 0.3) is 0 Å². The van der Waals surface area contributed by atoms with Crippen LogP contribution in [0.15, 0.2) is 24.3 Å². The first-order valence-electron chi connectivity index (χ1n) is 14.1. The molecule has 4 aliphatic rings. The second kappa shape index (κ2) is 9.23. The molecule has 0 spiro atoms. The van der Waals surface area contributed by atoms with E-state index in [0.29, 0.717) is 42.4 Å². The predicted octanol–water partition coefficient (Wildman–Crippen LogP) is 6.52. The van der Waals surface area contributed by atoms with Gasteiger partial charge in [0.1, 0.15) is 0 Å². The lowest BCUT2D eigenvalue weighted by molar-refractivity contribution is -0.158. The third-order valence-corrected chi connectivity index (χ3v) is 11.0. The second-order valence-corrected chi connectivity index (χ2v) is 13.2. The minimum absolute atomic E-state index is 0.176.